The monoisotopic (exact) mass is 229 g/mol. The first-order valence-electron chi connectivity index (χ1n) is 5.46. The molecule has 0 bridgehead atoms. The molecule has 0 aliphatic heterocycles. The van der Waals surface area contributed by atoms with Gasteiger partial charge in [-0.3, -0.25) is 4.98 Å². The molecule has 0 saturated heterocycles. The lowest BCUT2D eigenvalue weighted by Gasteiger charge is -2.17. The van der Waals surface area contributed by atoms with Crippen molar-refractivity contribution in [2.24, 2.45) is 0 Å². The Kier molecular flexibility index (Phi) is 3.11. The highest BCUT2D eigenvalue weighted by Gasteiger charge is 2.16. The molecule has 1 aromatic heterocycles. The van der Waals surface area contributed by atoms with E-state index in [1.165, 1.54) is 0 Å². The number of aliphatic hydroxyl groups is 1. The summed E-state index contributed by atoms with van der Waals surface area (Å²) in [7, 11) is 0. The number of aromatic nitrogens is 1. The van der Waals surface area contributed by atoms with Crippen molar-refractivity contribution in [2.45, 2.75) is 19.4 Å². The van der Waals surface area contributed by atoms with Gasteiger partial charge >= 0.3 is 0 Å². The first-order valence-corrected chi connectivity index (χ1v) is 5.46. The quantitative estimate of drug-likeness (QED) is 0.879. The van der Waals surface area contributed by atoms with Gasteiger partial charge in [-0.1, -0.05) is 18.2 Å². The number of hydrogen-bond acceptors (Lipinski definition) is 3. The zero-order chi connectivity index (χ0) is 12.3. The number of pyridine rings is 1. The normalized spacial score (nSPS) is 11.2. The highest BCUT2D eigenvalue weighted by molar-refractivity contribution is 5.32. The number of benzene rings is 1. The van der Waals surface area contributed by atoms with E-state index in [4.69, 9.17) is 4.74 Å². The average Bonchev–Trinajstić information content (AvgIpc) is 2.29. The summed E-state index contributed by atoms with van der Waals surface area (Å²) < 4.78 is 5.64. The third kappa shape index (κ3) is 3.04. The van der Waals surface area contributed by atoms with Gasteiger partial charge < -0.3 is 9.84 Å². The molecule has 0 fully saturated rings. The first-order chi connectivity index (χ1) is 8.05. The van der Waals surface area contributed by atoms with E-state index in [1.54, 1.807) is 32.3 Å². The molecule has 0 saturated carbocycles. The maximum Gasteiger partial charge on any atom is 0.146 e. The highest BCUT2D eigenvalue weighted by atomic mass is 16.5. The largest absolute Gasteiger partial charge is 0.456 e. The minimum atomic E-state index is -0.914. The summed E-state index contributed by atoms with van der Waals surface area (Å²) in [6, 6.07) is 11.3. The van der Waals surface area contributed by atoms with Crippen molar-refractivity contribution in [3.05, 3.63) is 54.4 Å². The Bertz CT molecular complexity index is 489. The highest BCUT2D eigenvalue weighted by Crippen LogP contribution is 2.25. The van der Waals surface area contributed by atoms with E-state index in [0.717, 1.165) is 11.3 Å². The minimum Gasteiger partial charge on any atom is -0.456 e. The van der Waals surface area contributed by atoms with E-state index < -0.39 is 5.60 Å². The molecular weight excluding hydrogens is 214 g/mol. The fraction of sp³-hybridized carbons (Fsp3) is 0.214. The van der Waals surface area contributed by atoms with Gasteiger partial charge in [-0.15, -0.1) is 0 Å². The smallest absolute Gasteiger partial charge is 0.146 e. The molecule has 3 nitrogen and oxygen atoms in total. The van der Waals surface area contributed by atoms with Crippen LogP contribution in [-0.2, 0) is 5.60 Å². The van der Waals surface area contributed by atoms with E-state index in [0.29, 0.717) is 5.75 Å². The van der Waals surface area contributed by atoms with Gasteiger partial charge in [0.25, 0.3) is 0 Å². The summed E-state index contributed by atoms with van der Waals surface area (Å²) in [5, 5.41) is 9.88. The molecule has 17 heavy (non-hydrogen) atoms. The maximum absolute atomic E-state index is 9.88. The summed E-state index contributed by atoms with van der Waals surface area (Å²) >= 11 is 0. The number of ether oxygens (including phenoxy) is 1. The summed E-state index contributed by atoms with van der Waals surface area (Å²) in [4.78, 5) is 4.06. The molecule has 0 amide bonds. The zero-order valence-electron chi connectivity index (χ0n) is 9.92. The van der Waals surface area contributed by atoms with Crippen LogP contribution in [0.5, 0.6) is 11.5 Å². The van der Waals surface area contributed by atoms with Crippen molar-refractivity contribution in [1.29, 1.82) is 0 Å². The van der Waals surface area contributed by atoms with Crippen molar-refractivity contribution in [3.63, 3.8) is 0 Å². The molecule has 1 N–H and O–H groups in total. The summed E-state index contributed by atoms with van der Waals surface area (Å²) in [5.74, 6) is 1.37. The minimum absolute atomic E-state index is 0.621. The lowest BCUT2D eigenvalue weighted by Crippen LogP contribution is -2.15. The molecular formula is C14H15NO2. The van der Waals surface area contributed by atoms with E-state index in [-0.39, 0.29) is 0 Å². The molecule has 3 heteroatoms. The van der Waals surface area contributed by atoms with Gasteiger partial charge in [0.1, 0.15) is 11.5 Å². The summed E-state index contributed by atoms with van der Waals surface area (Å²) in [5.41, 5.74) is -0.186. The fourth-order valence-corrected chi connectivity index (χ4v) is 1.43. The standard InChI is InChI=1S/C14H15NO2/c1-14(2,16)11-8-13(10-15-9-11)17-12-6-4-3-5-7-12/h3-10,16H,1-2H3. The summed E-state index contributed by atoms with van der Waals surface area (Å²) in [6.07, 6.45) is 3.26. The molecule has 2 rings (SSSR count). The predicted molar refractivity (Wildman–Crippen MR) is 66.0 cm³/mol. The third-order valence-corrected chi connectivity index (χ3v) is 2.40. The molecule has 0 radical (unpaired) electrons. The average molecular weight is 229 g/mol. The van der Waals surface area contributed by atoms with Crippen LogP contribution < -0.4 is 4.74 Å². The topological polar surface area (TPSA) is 42.4 Å². The number of nitrogens with zero attached hydrogens (tertiary/aromatic N) is 1. The fourth-order valence-electron chi connectivity index (χ4n) is 1.43. The van der Waals surface area contributed by atoms with Crippen molar-refractivity contribution < 1.29 is 9.84 Å². The van der Waals surface area contributed by atoms with Crippen LogP contribution in [0, 0.1) is 0 Å². The van der Waals surface area contributed by atoms with E-state index in [2.05, 4.69) is 4.98 Å². The molecule has 1 aromatic carbocycles. The van der Waals surface area contributed by atoms with Crippen LogP contribution in [0.4, 0.5) is 0 Å². The Labute approximate surface area is 101 Å². The van der Waals surface area contributed by atoms with Crippen LogP contribution in [0.3, 0.4) is 0 Å². The van der Waals surface area contributed by atoms with Gasteiger partial charge in [-0.2, -0.15) is 0 Å². The molecule has 0 aliphatic carbocycles. The Morgan fingerprint density at radius 2 is 1.76 bits per heavy atom. The van der Waals surface area contributed by atoms with E-state index >= 15 is 0 Å². The van der Waals surface area contributed by atoms with Crippen molar-refractivity contribution in [2.75, 3.05) is 0 Å². The van der Waals surface area contributed by atoms with Gasteiger partial charge in [0.2, 0.25) is 0 Å². The van der Waals surface area contributed by atoms with Crippen LogP contribution in [0.1, 0.15) is 19.4 Å². The Morgan fingerprint density at radius 1 is 1.06 bits per heavy atom. The number of hydrogen-bond donors (Lipinski definition) is 1. The third-order valence-electron chi connectivity index (χ3n) is 2.40. The predicted octanol–water partition coefficient (Wildman–Crippen LogP) is 3.10. The van der Waals surface area contributed by atoms with Gasteiger partial charge in [-0.05, 0) is 32.0 Å². The SMILES string of the molecule is CC(C)(O)c1cncc(Oc2ccccc2)c1. The van der Waals surface area contributed by atoms with Crippen molar-refractivity contribution in [3.8, 4) is 11.5 Å². The lowest BCUT2D eigenvalue weighted by atomic mass is 10.0. The molecule has 2 aromatic rings. The number of para-hydroxylation sites is 1. The zero-order valence-corrected chi connectivity index (χ0v) is 9.92. The molecule has 0 spiro atoms. The molecule has 0 atom stereocenters. The van der Waals surface area contributed by atoms with Gasteiger partial charge in [0, 0.05) is 11.8 Å². The van der Waals surface area contributed by atoms with Crippen molar-refractivity contribution in [1.82, 2.24) is 4.98 Å². The second-order valence-corrected chi connectivity index (χ2v) is 4.38. The second kappa shape index (κ2) is 4.55. The van der Waals surface area contributed by atoms with Crippen LogP contribution >= 0.6 is 0 Å². The molecule has 88 valence electrons. The van der Waals surface area contributed by atoms with Gasteiger partial charge in [0.05, 0.1) is 11.8 Å². The molecule has 1 heterocycles. The lowest BCUT2D eigenvalue weighted by molar-refractivity contribution is 0.0780. The van der Waals surface area contributed by atoms with E-state index in [1.807, 2.05) is 30.3 Å². The second-order valence-electron chi connectivity index (χ2n) is 4.38. The van der Waals surface area contributed by atoms with Crippen molar-refractivity contribution >= 4 is 0 Å². The van der Waals surface area contributed by atoms with E-state index in [9.17, 15) is 5.11 Å². The molecule has 0 aliphatic rings. The van der Waals surface area contributed by atoms with Crippen LogP contribution in [0.15, 0.2) is 48.8 Å². The van der Waals surface area contributed by atoms with Crippen LogP contribution in [0.2, 0.25) is 0 Å². The van der Waals surface area contributed by atoms with Crippen LogP contribution in [-0.4, -0.2) is 10.1 Å². The van der Waals surface area contributed by atoms with Gasteiger partial charge in [0.15, 0.2) is 0 Å². The van der Waals surface area contributed by atoms with Gasteiger partial charge in [-0.25, -0.2) is 0 Å². The maximum atomic E-state index is 9.88. The Morgan fingerprint density at radius 3 is 2.41 bits per heavy atom. The first kappa shape index (κ1) is 11.6. The number of rotatable bonds is 3. The molecule has 0 unspecified atom stereocenters. The summed E-state index contributed by atoms with van der Waals surface area (Å²) in [6.45, 7) is 3.44. The van der Waals surface area contributed by atoms with Crippen LogP contribution in [0.25, 0.3) is 0 Å². The Balaban J connectivity index is 2.23. The Hall–Kier alpha value is -1.87.